The monoisotopic (exact) mass is 268 g/mol. The largest absolute Gasteiger partial charge is 0.334 e. The van der Waals surface area contributed by atoms with Gasteiger partial charge >= 0.3 is 0 Å². The maximum Gasteiger partial charge on any atom is 0.257 e. The Morgan fingerprint density at radius 3 is 2.84 bits per heavy atom. The summed E-state index contributed by atoms with van der Waals surface area (Å²) >= 11 is 0. The Hall–Kier alpha value is -1.49. The second kappa shape index (κ2) is 5.65. The zero-order chi connectivity index (χ0) is 14.0. The maximum atomic E-state index is 13.7. The molecule has 0 radical (unpaired) electrons. The first-order valence-corrected chi connectivity index (χ1v) is 6.53. The molecule has 0 aromatic heterocycles. The normalized spacial score (nSPS) is 21.3. The Kier molecular flexibility index (Phi) is 4.14. The van der Waals surface area contributed by atoms with Gasteiger partial charge in [-0.1, -0.05) is 6.07 Å². The van der Waals surface area contributed by atoms with Gasteiger partial charge in [0.15, 0.2) is 11.6 Å². The molecule has 3 nitrogen and oxygen atoms in total. The Morgan fingerprint density at radius 1 is 1.42 bits per heavy atom. The van der Waals surface area contributed by atoms with Crippen LogP contribution in [0.5, 0.6) is 0 Å². The van der Waals surface area contributed by atoms with Crippen LogP contribution >= 0.6 is 0 Å². The number of nitrogens with two attached hydrogens (primary N) is 1. The number of hydrogen-bond donors (Lipinski definition) is 1. The Balaban J connectivity index is 2.29. The first-order chi connectivity index (χ1) is 9.02. The zero-order valence-corrected chi connectivity index (χ0v) is 10.9. The van der Waals surface area contributed by atoms with Crippen LogP contribution in [0.15, 0.2) is 18.2 Å². The van der Waals surface area contributed by atoms with Gasteiger partial charge in [-0.25, -0.2) is 8.78 Å². The van der Waals surface area contributed by atoms with E-state index in [4.69, 9.17) is 5.73 Å². The van der Waals surface area contributed by atoms with E-state index >= 15 is 0 Å². The van der Waals surface area contributed by atoms with Crippen LogP contribution in [0.4, 0.5) is 8.78 Å². The molecule has 1 aliphatic rings. The van der Waals surface area contributed by atoms with Gasteiger partial charge < -0.3 is 10.6 Å². The van der Waals surface area contributed by atoms with Crippen LogP contribution in [0.2, 0.25) is 0 Å². The molecule has 5 heteroatoms. The van der Waals surface area contributed by atoms with Crippen LogP contribution in [0.3, 0.4) is 0 Å². The molecule has 1 aliphatic heterocycles. The third kappa shape index (κ3) is 2.76. The minimum absolute atomic E-state index is 0.107. The van der Waals surface area contributed by atoms with Crippen molar-refractivity contribution in [3.05, 3.63) is 35.4 Å². The lowest BCUT2D eigenvalue weighted by atomic mass is 9.96. The number of likely N-dealkylation sites (tertiary alicyclic amines) is 1. The van der Waals surface area contributed by atoms with Gasteiger partial charge in [-0.15, -0.1) is 0 Å². The average molecular weight is 268 g/mol. The third-order valence-electron chi connectivity index (χ3n) is 3.60. The van der Waals surface area contributed by atoms with Gasteiger partial charge in [0.25, 0.3) is 5.91 Å². The molecule has 1 fully saturated rings. The molecular weight excluding hydrogens is 250 g/mol. The van der Waals surface area contributed by atoms with Crippen molar-refractivity contribution in [3.8, 4) is 0 Å². The molecule has 2 rings (SSSR count). The van der Waals surface area contributed by atoms with Crippen LogP contribution in [0.25, 0.3) is 0 Å². The van der Waals surface area contributed by atoms with E-state index in [1.807, 2.05) is 6.92 Å². The number of halogens is 2. The number of carbonyl (C=O) groups is 1. The average Bonchev–Trinajstić information content (AvgIpc) is 2.41. The van der Waals surface area contributed by atoms with Crippen molar-refractivity contribution in [2.75, 3.05) is 6.54 Å². The number of piperidine rings is 1. The smallest absolute Gasteiger partial charge is 0.257 e. The standard InChI is InChI=1S/C14H18F2N2O/c1-9(17)12-7-2-3-8-18(12)14(19)10-5-4-6-11(15)13(10)16/h4-6,9,12H,2-3,7-8,17H2,1H3. The molecule has 0 bridgehead atoms. The highest BCUT2D eigenvalue weighted by Gasteiger charge is 2.31. The summed E-state index contributed by atoms with van der Waals surface area (Å²) in [4.78, 5) is 13.9. The van der Waals surface area contributed by atoms with Crippen LogP contribution in [-0.2, 0) is 0 Å². The summed E-state index contributed by atoms with van der Waals surface area (Å²) in [5.74, 6) is -2.55. The quantitative estimate of drug-likeness (QED) is 0.894. The van der Waals surface area contributed by atoms with Crippen LogP contribution in [0.1, 0.15) is 36.5 Å². The fraction of sp³-hybridized carbons (Fsp3) is 0.500. The Morgan fingerprint density at radius 2 is 2.16 bits per heavy atom. The van der Waals surface area contributed by atoms with Crippen LogP contribution in [0, 0.1) is 11.6 Å². The topological polar surface area (TPSA) is 46.3 Å². The van der Waals surface area contributed by atoms with Crippen molar-refractivity contribution in [2.24, 2.45) is 5.73 Å². The number of carbonyl (C=O) groups excluding carboxylic acids is 1. The number of hydrogen-bond acceptors (Lipinski definition) is 2. The maximum absolute atomic E-state index is 13.7. The van der Waals surface area contributed by atoms with Gasteiger partial charge in [0.1, 0.15) is 0 Å². The van der Waals surface area contributed by atoms with Gasteiger partial charge in [-0.2, -0.15) is 0 Å². The van der Waals surface area contributed by atoms with Gasteiger partial charge in [0.05, 0.1) is 5.56 Å². The summed E-state index contributed by atoms with van der Waals surface area (Å²) in [6.45, 7) is 2.37. The lowest BCUT2D eigenvalue weighted by Crippen LogP contribution is -2.51. The van der Waals surface area contributed by atoms with Gasteiger partial charge in [0, 0.05) is 18.6 Å². The van der Waals surface area contributed by atoms with Gasteiger partial charge in [-0.3, -0.25) is 4.79 Å². The van der Waals surface area contributed by atoms with E-state index in [1.165, 1.54) is 12.1 Å². The van der Waals surface area contributed by atoms with Gasteiger partial charge in [-0.05, 0) is 38.3 Å². The first kappa shape index (κ1) is 13.9. The highest BCUT2D eigenvalue weighted by atomic mass is 19.2. The zero-order valence-electron chi connectivity index (χ0n) is 10.9. The highest BCUT2D eigenvalue weighted by molar-refractivity contribution is 5.94. The molecule has 0 saturated carbocycles. The number of rotatable bonds is 2. The molecule has 0 aliphatic carbocycles. The molecule has 2 unspecified atom stereocenters. The summed E-state index contributed by atoms with van der Waals surface area (Å²) in [6.07, 6.45) is 2.67. The van der Waals surface area contributed by atoms with E-state index in [0.717, 1.165) is 25.3 Å². The number of nitrogens with zero attached hydrogens (tertiary/aromatic N) is 1. The van der Waals surface area contributed by atoms with Crippen LogP contribution in [-0.4, -0.2) is 29.4 Å². The molecular formula is C14H18F2N2O. The molecule has 1 aromatic rings. The first-order valence-electron chi connectivity index (χ1n) is 6.53. The summed E-state index contributed by atoms with van der Waals surface area (Å²) in [6, 6.07) is 3.37. The lowest BCUT2D eigenvalue weighted by molar-refractivity contribution is 0.0578. The van der Waals surface area contributed by atoms with Crippen molar-refractivity contribution in [2.45, 2.75) is 38.3 Å². The van der Waals surface area contributed by atoms with Crippen molar-refractivity contribution >= 4 is 5.91 Å². The van der Waals surface area contributed by atoms with E-state index in [0.29, 0.717) is 6.54 Å². The predicted octanol–water partition coefficient (Wildman–Crippen LogP) is 2.31. The van der Waals surface area contributed by atoms with E-state index < -0.39 is 17.5 Å². The summed E-state index contributed by atoms with van der Waals surface area (Å²) in [5, 5.41) is 0. The van der Waals surface area contributed by atoms with Crippen LogP contribution < -0.4 is 5.73 Å². The Labute approximate surface area is 111 Å². The van der Waals surface area contributed by atoms with E-state index in [1.54, 1.807) is 4.90 Å². The lowest BCUT2D eigenvalue weighted by Gasteiger charge is -2.38. The molecule has 0 spiro atoms. The SMILES string of the molecule is CC(N)C1CCCCN1C(=O)c1cccc(F)c1F. The van der Waals surface area contributed by atoms with Crippen molar-refractivity contribution < 1.29 is 13.6 Å². The number of benzene rings is 1. The molecule has 1 aromatic carbocycles. The second-order valence-electron chi connectivity index (χ2n) is 5.02. The molecule has 19 heavy (non-hydrogen) atoms. The summed E-state index contributed by atoms with van der Waals surface area (Å²) in [5.41, 5.74) is 5.66. The number of amides is 1. The predicted molar refractivity (Wildman–Crippen MR) is 68.7 cm³/mol. The fourth-order valence-electron chi connectivity index (χ4n) is 2.58. The highest BCUT2D eigenvalue weighted by Crippen LogP contribution is 2.23. The minimum Gasteiger partial charge on any atom is -0.334 e. The molecule has 1 saturated heterocycles. The minimum atomic E-state index is -1.08. The molecule has 104 valence electrons. The van der Waals surface area contributed by atoms with E-state index in [-0.39, 0.29) is 17.6 Å². The molecule has 2 atom stereocenters. The molecule has 1 heterocycles. The molecule has 1 amide bonds. The fourth-order valence-corrected chi connectivity index (χ4v) is 2.58. The van der Waals surface area contributed by atoms with Crippen molar-refractivity contribution in [1.82, 2.24) is 4.90 Å². The van der Waals surface area contributed by atoms with Gasteiger partial charge in [0.2, 0.25) is 0 Å². The summed E-state index contributed by atoms with van der Waals surface area (Å²) in [7, 11) is 0. The van der Waals surface area contributed by atoms with Crippen molar-refractivity contribution in [1.29, 1.82) is 0 Å². The Bertz CT molecular complexity index is 477. The van der Waals surface area contributed by atoms with E-state index in [9.17, 15) is 13.6 Å². The third-order valence-corrected chi connectivity index (χ3v) is 3.60. The summed E-state index contributed by atoms with van der Waals surface area (Å²) < 4.78 is 26.9. The van der Waals surface area contributed by atoms with Crippen molar-refractivity contribution in [3.63, 3.8) is 0 Å². The second-order valence-corrected chi connectivity index (χ2v) is 5.02. The molecule has 2 N–H and O–H groups in total. The van der Waals surface area contributed by atoms with E-state index in [2.05, 4.69) is 0 Å².